The lowest BCUT2D eigenvalue weighted by Gasteiger charge is -2.11. The minimum atomic E-state index is -1.16. The highest BCUT2D eigenvalue weighted by molar-refractivity contribution is 5.98. The van der Waals surface area contributed by atoms with Gasteiger partial charge in [-0.1, -0.05) is 0 Å². The van der Waals surface area contributed by atoms with E-state index in [0.29, 0.717) is 5.56 Å². The number of imide groups is 1. The molecule has 1 aromatic rings. The zero-order valence-corrected chi connectivity index (χ0v) is 10.0. The van der Waals surface area contributed by atoms with Crippen LogP contribution in [0, 0.1) is 11.3 Å². The van der Waals surface area contributed by atoms with Gasteiger partial charge >= 0.3 is 12.0 Å². The molecule has 7 nitrogen and oxygen atoms in total. The molecule has 19 heavy (non-hydrogen) atoms. The predicted octanol–water partition coefficient (Wildman–Crippen LogP) is 0.298. The van der Waals surface area contributed by atoms with Crippen LogP contribution < -0.4 is 11.1 Å². The summed E-state index contributed by atoms with van der Waals surface area (Å²) in [4.78, 5) is 33.4. The molecule has 0 aliphatic carbocycles. The fourth-order valence-electron chi connectivity index (χ4n) is 1.19. The standard InChI is InChI=1S/C12H11N3O4/c1-7(10(16)15-12(14)18)19-11(17)9-4-2-8(6-13)3-5-9/h2-5,7H,1H3,(H3,14,15,16,18)/t7-/m0/s1. The lowest BCUT2D eigenvalue weighted by Crippen LogP contribution is -2.42. The van der Waals surface area contributed by atoms with Crippen molar-refractivity contribution < 1.29 is 19.1 Å². The Hall–Kier alpha value is -2.88. The molecular weight excluding hydrogens is 250 g/mol. The Morgan fingerprint density at radius 2 is 1.89 bits per heavy atom. The molecule has 1 atom stereocenters. The molecule has 0 aromatic heterocycles. The number of benzene rings is 1. The summed E-state index contributed by atoms with van der Waals surface area (Å²) >= 11 is 0. The van der Waals surface area contributed by atoms with Crippen LogP contribution in [0.4, 0.5) is 4.79 Å². The summed E-state index contributed by atoms with van der Waals surface area (Å²) in [6.07, 6.45) is -1.16. The smallest absolute Gasteiger partial charge is 0.338 e. The average molecular weight is 261 g/mol. The molecule has 7 heteroatoms. The Morgan fingerprint density at radius 3 is 2.37 bits per heavy atom. The van der Waals surface area contributed by atoms with E-state index in [1.54, 1.807) is 5.32 Å². The van der Waals surface area contributed by atoms with Gasteiger partial charge in [0.05, 0.1) is 17.2 Å². The minimum Gasteiger partial charge on any atom is -0.449 e. The van der Waals surface area contributed by atoms with Gasteiger partial charge in [-0.3, -0.25) is 10.1 Å². The van der Waals surface area contributed by atoms with E-state index < -0.39 is 24.0 Å². The van der Waals surface area contributed by atoms with Crippen LogP contribution in [-0.2, 0) is 9.53 Å². The molecule has 0 bridgehead atoms. The van der Waals surface area contributed by atoms with Crippen LogP contribution in [0.3, 0.4) is 0 Å². The predicted molar refractivity (Wildman–Crippen MR) is 63.8 cm³/mol. The number of carbonyl (C=O) groups excluding carboxylic acids is 3. The Bertz CT molecular complexity index is 545. The fourth-order valence-corrected chi connectivity index (χ4v) is 1.19. The quantitative estimate of drug-likeness (QED) is 0.757. The second-order valence-electron chi connectivity index (χ2n) is 3.59. The van der Waals surface area contributed by atoms with E-state index in [-0.39, 0.29) is 5.56 Å². The third kappa shape index (κ3) is 4.12. The van der Waals surface area contributed by atoms with Gasteiger partial charge in [-0.15, -0.1) is 0 Å². The maximum Gasteiger partial charge on any atom is 0.338 e. The van der Waals surface area contributed by atoms with E-state index in [9.17, 15) is 14.4 Å². The first kappa shape index (κ1) is 14.2. The molecule has 1 aromatic carbocycles. The molecule has 3 amide bonds. The largest absolute Gasteiger partial charge is 0.449 e. The Kier molecular flexibility index (Phi) is 4.60. The number of hydrogen-bond acceptors (Lipinski definition) is 5. The van der Waals surface area contributed by atoms with Gasteiger partial charge in [0, 0.05) is 0 Å². The van der Waals surface area contributed by atoms with Crippen molar-refractivity contribution in [1.82, 2.24) is 5.32 Å². The molecule has 1 rings (SSSR count). The molecule has 0 saturated carbocycles. The van der Waals surface area contributed by atoms with E-state index in [1.807, 2.05) is 6.07 Å². The second-order valence-corrected chi connectivity index (χ2v) is 3.59. The highest BCUT2D eigenvalue weighted by Crippen LogP contribution is 2.06. The average Bonchev–Trinajstić information content (AvgIpc) is 2.37. The molecule has 0 aliphatic rings. The molecule has 0 fully saturated rings. The van der Waals surface area contributed by atoms with Crippen molar-refractivity contribution in [1.29, 1.82) is 5.26 Å². The van der Waals surface area contributed by atoms with Gasteiger partial charge in [-0.05, 0) is 31.2 Å². The van der Waals surface area contributed by atoms with Crippen molar-refractivity contribution in [2.24, 2.45) is 5.73 Å². The van der Waals surface area contributed by atoms with Crippen molar-refractivity contribution in [2.45, 2.75) is 13.0 Å². The first-order chi connectivity index (χ1) is 8.93. The summed E-state index contributed by atoms with van der Waals surface area (Å²) in [5.74, 6) is -1.55. The number of nitrogens with zero attached hydrogens (tertiary/aromatic N) is 1. The molecular formula is C12H11N3O4. The summed E-state index contributed by atoms with van der Waals surface area (Å²) < 4.78 is 4.83. The molecule has 0 radical (unpaired) electrons. The first-order valence-electron chi connectivity index (χ1n) is 5.25. The van der Waals surface area contributed by atoms with Crippen LogP contribution in [0.1, 0.15) is 22.8 Å². The van der Waals surface area contributed by atoms with Gasteiger partial charge in [0.15, 0.2) is 6.10 Å². The van der Waals surface area contributed by atoms with Crippen LogP contribution in [0.15, 0.2) is 24.3 Å². The molecule has 0 aliphatic heterocycles. The summed E-state index contributed by atoms with van der Waals surface area (Å²) in [7, 11) is 0. The van der Waals surface area contributed by atoms with Gasteiger partial charge < -0.3 is 10.5 Å². The highest BCUT2D eigenvalue weighted by atomic mass is 16.5. The highest BCUT2D eigenvalue weighted by Gasteiger charge is 2.19. The Labute approximate surface area is 109 Å². The number of carbonyl (C=O) groups is 3. The molecule has 0 unspecified atom stereocenters. The number of urea groups is 1. The van der Waals surface area contributed by atoms with E-state index in [0.717, 1.165) is 0 Å². The molecule has 0 saturated heterocycles. The maximum absolute atomic E-state index is 11.6. The van der Waals surface area contributed by atoms with Crippen molar-refractivity contribution >= 4 is 17.9 Å². The third-order valence-corrected chi connectivity index (χ3v) is 2.15. The van der Waals surface area contributed by atoms with Gasteiger partial charge in [0.1, 0.15) is 0 Å². The first-order valence-corrected chi connectivity index (χ1v) is 5.25. The zero-order chi connectivity index (χ0) is 14.4. The monoisotopic (exact) mass is 261 g/mol. The number of nitrogens with two attached hydrogens (primary N) is 1. The van der Waals surface area contributed by atoms with Crippen molar-refractivity contribution in [3.8, 4) is 6.07 Å². The molecule has 3 N–H and O–H groups in total. The lowest BCUT2D eigenvalue weighted by atomic mass is 10.1. The SMILES string of the molecule is C[C@H](OC(=O)c1ccc(C#N)cc1)C(=O)NC(N)=O. The van der Waals surface area contributed by atoms with Crippen LogP contribution in [0.2, 0.25) is 0 Å². The van der Waals surface area contributed by atoms with Gasteiger partial charge in [0.2, 0.25) is 0 Å². The van der Waals surface area contributed by atoms with E-state index in [1.165, 1.54) is 31.2 Å². The lowest BCUT2D eigenvalue weighted by molar-refractivity contribution is -0.127. The number of primary amides is 1. The van der Waals surface area contributed by atoms with Crippen molar-refractivity contribution in [3.05, 3.63) is 35.4 Å². The summed E-state index contributed by atoms with van der Waals surface area (Å²) in [5.41, 5.74) is 5.35. The maximum atomic E-state index is 11.6. The van der Waals surface area contributed by atoms with Gasteiger partial charge in [-0.2, -0.15) is 5.26 Å². The number of rotatable bonds is 3. The van der Waals surface area contributed by atoms with Crippen molar-refractivity contribution in [2.75, 3.05) is 0 Å². The number of nitriles is 1. The van der Waals surface area contributed by atoms with Crippen LogP contribution in [0.25, 0.3) is 0 Å². The molecule has 0 heterocycles. The zero-order valence-electron chi connectivity index (χ0n) is 10.0. The van der Waals surface area contributed by atoms with Crippen LogP contribution in [-0.4, -0.2) is 24.0 Å². The Morgan fingerprint density at radius 1 is 1.32 bits per heavy atom. The normalized spacial score (nSPS) is 10.9. The summed E-state index contributed by atoms with van der Waals surface area (Å²) in [6, 6.07) is 6.59. The second kappa shape index (κ2) is 6.16. The fraction of sp³-hybridized carbons (Fsp3) is 0.167. The van der Waals surface area contributed by atoms with Gasteiger partial charge in [0.25, 0.3) is 5.91 Å². The van der Waals surface area contributed by atoms with E-state index >= 15 is 0 Å². The molecule has 98 valence electrons. The number of nitrogens with one attached hydrogen (secondary N) is 1. The van der Waals surface area contributed by atoms with E-state index in [4.69, 9.17) is 15.7 Å². The number of esters is 1. The Balaban J connectivity index is 2.66. The van der Waals surface area contributed by atoms with Crippen LogP contribution in [0.5, 0.6) is 0 Å². The van der Waals surface area contributed by atoms with Crippen LogP contribution >= 0.6 is 0 Å². The number of ether oxygens (including phenoxy) is 1. The topological polar surface area (TPSA) is 122 Å². The molecule has 0 spiro atoms. The minimum absolute atomic E-state index is 0.192. The summed E-state index contributed by atoms with van der Waals surface area (Å²) in [6.45, 7) is 1.31. The van der Waals surface area contributed by atoms with Crippen molar-refractivity contribution in [3.63, 3.8) is 0 Å². The number of amides is 3. The van der Waals surface area contributed by atoms with E-state index in [2.05, 4.69) is 0 Å². The third-order valence-electron chi connectivity index (χ3n) is 2.15. The van der Waals surface area contributed by atoms with Gasteiger partial charge in [-0.25, -0.2) is 9.59 Å². The summed E-state index contributed by atoms with van der Waals surface area (Å²) in [5, 5.41) is 10.4. The number of hydrogen-bond donors (Lipinski definition) is 2.